The molecule has 8 nitrogen and oxygen atoms in total. The van der Waals surface area contributed by atoms with Crippen LogP contribution in [0.1, 0.15) is 5.82 Å². The van der Waals surface area contributed by atoms with Gasteiger partial charge in [0.1, 0.15) is 11.6 Å². The highest BCUT2D eigenvalue weighted by Crippen LogP contribution is 2.34. The van der Waals surface area contributed by atoms with Crippen molar-refractivity contribution in [2.75, 3.05) is 12.4 Å². The normalized spacial score (nSPS) is 10.8. The average molecular weight is 334 g/mol. The molecule has 124 valence electrons. The first-order chi connectivity index (χ1) is 12.3. The Morgan fingerprint density at radius 1 is 1.12 bits per heavy atom. The Labute approximate surface area is 143 Å². The maximum atomic E-state index is 9.22. The van der Waals surface area contributed by atoms with Gasteiger partial charge in [0.15, 0.2) is 17.2 Å². The summed E-state index contributed by atoms with van der Waals surface area (Å²) >= 11 is 0. The van der Waals surface area contributed by atoms with E-state index in [9.17, 15) is 5.26 Å². The molecule has 1 heterocycles. The second-order valence-corrected chi connectivity index (χ2v) is 4.80. The summed E-state index contributed by atoms with van der Waals surface area (Å²) in [4.78, 5) is 0. The topological polar surface area (TPSA) is 109 Å². The molecule has 0 amide bonds. The quantitative estimate of drug-likeness (QED) is 0.667. The molecule has 0 radical (unpaired) electrons. The van der Waals surface area contributed by atoms with Crippen LogP contribution in [0.3, 0.4) is 0 Å². The summed E-state index contributed by atoms with van der Waals surface area (Å²) in [5.74, 6) is 1.99. The molecule has 0 fully saturated rings. The lowest BCUT2D eigenvalue weighted by Gasteiger charge is -2.13. The van der Waals surface area contributed by atoms with Gasteiger partial charge >= 0.3 is 0 Å². The minimum Gasteiger partial charge on any atom is -0.493 e. The third-order valence-electron chi connectivity index (χ3n) is 3.25. The molecule has 0 aliphatic carbocycles. The highest BCUT2D eigenvalue weighted by molar-refractivity contribution is 5.75. The van der Waals surface area contributed by atoms with E-state index in [4.69, 9.17) is 9.47 Å². The first-order valence-electron chi connectivity index (χ1n) is 7.32. The van der Waals surface area contributed by atoms with Crippen molar-refractivity contribution in [1.29, 1.82) is 5.26 Å². The van der Waals surface area contributed by atoms with Crippen LogP contribution in [0, 0.1) is 11.3 Å². The van der Waals surface area contributed by atoms with Gasteiger partial charge in [0.25, 0.3) is 0 Å². The highest BCUT2D eigenvalue weighted by atomic mass is 16.5. The first kappa shape index (κ1) is 16.0. The summed E-state index contributed by atoms with van der Waals surface area (Å²) in [6.45, 7) is 0. The Morgan fingerprint density at radius 3 is 2.52 bits per heavy atom. The number of nitrogens with zero attached hydrogens (tertiary/aromatic N) is 4. The Kier molecular flexibility index (Phi) is 4.87. The first-order valence-corrected chi connectivity index (χ1v) is 7.32. The monoisotopic (exact) mass is 334 g/mol. The second-order valence-electron chi connectivity index (χ2n) is 4.80. The summed E-state index contributed by atoms with van der Waals surface area (Å²) in [7, 11) is 1.58. The SMILES string of the molecule is COc1ccccc1Oc1ccccc1NC=C(C#N)c1nn[nH]n1. The van der Waals surface area contributed by atoms with Crippen LogP contribution in [0.5, 0.6) is 17.2 Å². The maximum Gasteiger partial charge on any atom is 0.216 e. The summed E-state index contributed by atoms with van der Waals surface area (Å²) in [5.41, 5.74) is 0.908. The number of para-hydroxylation sites is 4. The molecule has 3 aromatic rings. The molecule has 0 saturated carbocycles. The van der Waals surface area contributed by atoms with E-state index in [1.807, 2.05) is 54.6 Å². The molecule has 25 heavy (non-hydrogen) atoms. The number of ether oxygens (including phenoxy) is 2. The number of nitriles is 1. The predicted molar refractivity (Wildman–Crippen MR) is 90.9 cm³/mol. The van der Waals surface area contributed by atoms with E-state index in [2.05, 4.69) is 25.9 Å². The maximum absolute atomic E-state index is 9.22. The fraction of sp³-hybridized carbons (Fsp3) is 0.0588. The summed E-state index contributed by atoms with van der Waals surface area (Å²) < 4.78 is 11.2. The number of anilines is 1. The van der Waals surface area contributed by atoms with Crippen molar-refractivity contribution in [2.45, 2.75) is 0 Å². The van der Waals surface area contributed by atoms with E-state index in [1.54, 1.807) is 7.11 Å². The number of H-pyrrole nitrogens is 1. The van der Waals surface area contributed by atoms with Crippen LogP contribution in [0.4, 0.5) is 5.69 Å². The van der Waals surface area contributed by atoms with Crippen LogP contribution >= 0.6 is 0 Å². The molecule has 0 unspecified atom stereocenters. The summed E-state index contributed by atoms with van der Waals surface area (Å²) in [6, 6.07) is 16.7. The molecule has 2 aromatic carbocycles. The van der Waals surface area contributed by atoms with Gasteiger partial charge in [-0.05, 0) is 29.5 Å². The fourth-order valence-electron chi connectivity index (χ4n) is 2.07. The van der Waals surface area contributed by atoms with Crippen LogP contribution in [0.25, 0.3) is 5.57 Å². The number of tetrazole rings is 1. The minimum atomic E-state index is 0.207. The Balaban J connectivity index is 1.85. The molecule has 1 aromatic heterocycles. The third-order valence-corrected chi connectivity index (χ3v) is 3.25. The van der Waals surface area contributed by atoms with Crippen molar-refractivity contribution in [3.8, 4) is 23.3 Å². The third kappa shape index (κ3) is 3.73. The number of benzene rings is 2. The predicted octanol–water partition coefficient (Wildman–Crippen LogP) is 2.98. The molecule has 0 bridgehead atoms. The van der Waals surface area contributed by atoms with Crippen molar-refractivity contribution < 1.29 is 9.47 Å². The second kappa shape index (κ2) is 7.61. The van der Waals surface area contributed by atoms with Gasteiger partial charge in [0, 0.05) is 6.20 Å². The lowest BCUT2D eigenvalue weighted by molar-refractivity contribution is 0.379. The van der Waals surface area contributed by atoms with Gasteiger partial charge in [0.2, 0.25) is 5.82 Å². The van der Waals surface area contributed by atoms with Gasteiger partial charge in [-0.3, -0.25) is 0 Å². The summed E-state index contributed by atoms with van der Waals surface area (Å²) in [5, 5.41) is 25.6. The molecule has 0 spiro atoms. The zero-order valence-corrected chi connectivity index (χ0v) is 13.3. The van der Waals surface area contributed by atoms with Gasteiger partial charge in [-0.1, -0.05) is 24.3 Å². The van der Waals surface area contributed by atoms with Crippen molar-refractivity contribution in [3.05, 3.63) is 60.6 Å². The zero-order chi connectivity index (χ0) is 17.5. The number of methoxy groups -OCH3 is 1. The van der Waals surface area contributed by atoms with Crippen LogP contribution in [-0.2, 0) is 0 Å². The van der Waals surface area contributed by atoms with Crippen molar-refractivity contribution in [1.82, 2.24) is 20.6 Å². The van der Waals surface area contributed by atoms with E-state index in [0.717, 1.165) is 0 Å². The van der Waals surface area contributed by atoms with E-state index < -0.39 is 0 Å². The Bertz CT molecular complexity index is 915. The molecule has 0 aliphatic rings. The van der Waals surface area contributed by atoms with E-state index in [0.29, 0.717) is 22.9 Å². The number of hydrogen-bond acceptors (Lipinski definition) is 7. The number of rotatable bonds is 6. The molecule has 0 aliphatic heterocycles. The minimum absolute atomic E-state index is 0.207. The summed E-state index contributed by atoms with van der Waals surface area (Å²) in [6.07, 6.45) is 1.50. The smallest absolute Gasteiger partial charge is 0.216 e. The van der Waals surface area contributed by atoms with Gasteiger partial charge in [-0.15, -0.1) is 10.2 Å². The van der Waals surface area contributed by atoms with Crippen molar-refractivity contribution in [2.24, 2.45) is 0 Å². The largest absolute Gasteiger partial charge is 0.493 e. The molecule has 8 heteroatoms. The molecule has 0 atom stereocenters. The highest BCUT2D eigenvalue weighted by Gasteiger charge is 2.09. The van der Waals surface area contributed by atoms with E-state index >= 15 is 0 Å². The lowest BCUT2D eigenvalue weighted by Crippen LogP contribution is -1.96. The average Bonchev–Trinajstić information content (AvgIpc) is 3.18. The molecular weight excluding hydrogens is 320 g/mol. The zero-order valence-electron chi connectivity index (χ0n) is 13.3. The van der Waals surface area contributed by atoms with Gasteiger partial charge in [-0.2, -0.15) is 10.5 Å². The Hall–Kier alpha value is -3.86. The van der Waals surface area contributed by atoms with Crippen molar-refractivity contribution in [3.63, 3.8) is 0 Å². The fourth-order valence-corrected chi connectivity index (χ4v) is 2.07. The molecule has 0 saturated heterocycles. The number of hydrogen-bond donors (Lipinski definition) is 2. The molecule has 2 N–H and O–H groups in total. The van der Waals surface area contributed by atoms with Crippen LogP contribution in [0.15, 0.2) is 54.7 Å². The van der Waals surface area contributed by atoms with Crippen LogP contribution in [0.2, 0.25) is 0 Å². The van der Waals surface area contributed by atoms with Gasteiger partial charge < -0.3 is 14.8 Å². The number of allylic oxidation sites excluding steroid dienone is 1. The van der Waals surface area contributed by atoms with Crippen molar-refractivity contribution >= 4 is 11.3 Å². The molecular formula is C17H14N6O2. The van der Waals surface area contributed by atoms with Crippen LogP contribution < -0.4 is 14.8 Å². The van der Waals surface area contributed by atoms with Crippen LogP contribution in [-0.4, -0.2) is 27.7 Å². The molecule has 3 rings (SSSR count). The number of aromatic amines is 1. The van der Waals surface area contributed by atoms with E-state index in [-0.39, 0.29) is 11.4 Å². The number of aromatic nitrogens is 4. The van der Waals surface area contributed by atoms with Gasteiger partial charge in [-0.25, -0.2) is 0 Å². The van der Waals surface area contributed by atoms with Gasteiger partial charge in [0.05, 0.1) is 12.8 Å². The standard InChI is InChI=1S/C17H14N6O2/c1-24-15-8-4-5-9-16(15)25-14-7-3-2-6-13(14)19-11-12(10-18)17-20-22-23-21-17/h2-9,11,19H,1H3,(H,20,21,22,23). The Morgan fingerprint density at radius 2 is 1.84 bits per heavy atom. The lowest BCUT2D eigenvalue weighted by atomic mass is 10.2. The number of nitrogens with one attached hydrogen (secondary N) is 2. The van der Waals surface area contributed by atoms with E-state index in [1.165, 1.54) is 6.20 Å².